The molecule has 2 heterocycles. The number of rotatable bonds is 2. The van der Waals surface area contributed by atoms with Crippen LogP contribution in [0.5, 0.6) is 5.75 Å². The Morgan fingerprint density at radius 3 is 3.00 bits per heavy atom. The van der Waals surface area contributed by atoms with Crippen molar-refractivity contribution < 1.29 is 5.11 Å². The fraction of sp³-hybridized carbons (Fsp3) is 0.462. The quantitative estimate of drug-likeness (QED) is 0.827. The summed E-state index contributed by atoms with van der Waals surface area (Å²) in [4.78, 5) is 0. The van der Waals surface area contributed by atoms with E-state index in [0.29, 0.717) is 11.7 Å². The van der Waals surface area contributed by atoms with Crippen LogP contribution in [0, 0.1) is 5.92 Å². The van der Waals surface area contributed by atoms with Gasteiger partial charge in [-0.05, 0) is 44.0 Å². The van der Waals surface area contributed by atoms with E-state index in [9.17, 15) is 5.11 Å². The number of aromatic nitrogens is 2. The maximum absolute atomic E-state index is 9.73. The van der Waals surface area contributed by atoms with Gasteiger partial charge in [0.2, 0.25) is 0 Å². The molecule has 1 aliphatic rings. The van der Waals surface area contributed by atoms with Gasteiger partial charge >= 0.3 is 0 Å². The average molecular weight is 231 g/mol. The molecule has 0 radical (unpaired) electrons. The van der Waals surface area contributed by atoms with Crippen LogP contribution in [0.15, 0.2) is 24.4 Å². The normalized spacial score (nSPS) is 17.6. The second kappa shape index (κ2) is 4.37. The zero-order valence-corrected chi connectivity index (χ0v) is 9.76. The van der Waals surface area contributed by atoms with Crippen LogP contribution in [0.3, 0.4) is 0 Å². The Hall–Kier alpha value is -1.55. The zero-order chi connectivity index (χ0) is 11.7. The Morgan fingerprint density at radius 2 is 2.18 bits per heavy atom. The summed E-state index contributed by atoms with van der Waals surface area (Å²) < 4.78 is 2.02. The number of phenols is 1. The molecule has 1 aromatic heterocycles. The highest BCUT2D eigenvalue weighted by Crippen LogP contribution is 2.25. The number of piperidine rings is 1. The molecule has 1 saturated heterocycles. The van der Waals surface area contributed by atoms with Gasteiger partial charge in [0.15, 0.2) is 0 Å². The standard InChI is InChI=1S/C13H17N3O/c17-13-3-1-2-12-11(13)8-15-16(12)9-10-4-6-14-7-5-10/h1-3,8,10,14,17H,4-7,9H2. The molecule has 4 heteroatoms. The van der Waals surface area contributed by atoms with E-state index in [-0.39, 0.29) is 0 Å². The van der Waals surface area contributed by atoms with Crippen molar-refractivity contribution in [2.75, 3.05) is 13.1 Å². The molecule has 0 spiro atoms. The number of nitrogens with one attached hydrogen (secondary N) is 1. The topological polar surface area (TPSA) is 50.1 Å². The maximum atomic E-state index is 9.73. The van der Waals surface area contributed by atoms with E-state index in [2.05, 4.69) is 10.4 Å². The van der Waals surface area contributed by atoms with E-state index < -0.39 is 0 Å². The first-order chi connectivity index (χ1) is 8.34. The molecule has 0 aliphatic carbocycles. The molecule has 0 atom stereocenters. The van der Waals surface area contributed by atoms with Crippen molar-refractivity contribution in [2.24, 2.45) is 5.92 Å². The first-order valence-corrected chi connectivity index (χ1v) is 6.19. The maximum Gasteiger partial charge on any atom is 0.126 e. The van der Waals surface area contributed by atoms with Gasteiger partial charge in [-0.2, -0.15) is 5.10 Å². The van der Waals surface area contributed by atoms with Crippen molar-refractivity contribution in [2.45, 2.75) is 19.4 Å². The van der Waals surface area contributed by atoms with E-state index in [1.54, 1.807) is 12.3 Å². The molecule has 0 saturated carbocycles. The number of aromatic hydroxyl groups is 1. The molecule has 4 nitrogen and oxygen atoms in total. The van der Waals surface area contributed by atoms with Crippen LogP contribution in [-0.2, 0) is 6.54 Å². The van der Waals surface area contributed by atoms with E-state index in [4.69, 9.17) is 0 Å². The molecule has 1 fully saturated rings. The second-order valence-electron chi connectivity index (χ2n) is 4.73. The third-order valence-corrected chi connectivity index (χ3v) is 3.55. The van der Waals surface area contributed by atoms with Gasteiger partial charge in [-0.1, -0.05) is 6.07 Å². The van der Waals surface area contributed by atoms with Crippen molar-refractivity contribution in [3.05, 3.63) is 24.4 Å². The van der Waals surface area contributed by atoms with Crippen LogP contribution in [0.2, 0.25) is 0 Å². The minimum absolute atomic E-state index is 0.319. The van der Waals surface area contributed by atoms with Crippen molar-refractivity contribution in [1.82, 2.24) is 15.1 Å². The lowest BCUT2D eigenvalue weighted by Gasteiger charge is -2.22. The molecule has 0 amide bonds. The highest BCUT2D eigenvalue weighted by atomic mass is 16.3. The fourth-order valence-electron chi connectivity index (χ4n) is 2.54. The van der Waals surface area contributed by atoms with Gasteiger partial charge in [0.1, 0.15) is 5.75 Å². The molecule has 0 unspecified atom stereocenters. The molecule has 90 valence electrons. The van der Waals surface area contributed by atoms with Gasteiger partial charge < -0.3 is 10.4 Å². The number of fused-ring (bicyclic) bond motifs is 1. The smallest absolute Gasteiger partial charge is 0.126 e. The van der Waals surface area contributed by atoms with Crippen LogP contribution < -0.4 is 5.32 Å². The Balaban J connectivity index is 1.87. The highest BCUT2D eigenvalue weighted by molar-refractivity contribution is 5.84. The molecule has 1 aromatic carbocycles. The van der Waals surface area contributed by atoms with Gasteiger partial charge in [0.25, 0.3) is 0 Å². The number of hydrogen-bond donors (Lipinski definition) is 2. The molecule has 3 rings (SSSR count). The fourth-order valence-corrected chi connectivity index (χ4v) is 2.54. The third kappa shape index (κ3) is 2.00. The van der Waals surface area contributed by atoms with Crippen LogP contribution in [-0.4, -0.2) is 28.0 Å². The minimum Gasteiger partial charge on any atom is -0.507 e. The summed E-state index contributed by atoms with van der Waals surface area (Å²) in [6.45, 7) is 3.17. The largest absolute Gasteiger partial charge is 0.507 e. The number of hydrogen-bond acceptors (Lipinski definition) is 3. The summed E-state index contributed by atoms with van der Waals surface area (Å²) in [5.74, 6) is 1.01. The van der Waals surface area contributed by atoms with Crippen molar-refractivity contribution >= 4 is 10.9 Å². The van der Waals surface area contributed by atoms with Gasteiger partial charge in [-0.25, -0.2) is 0 Å². The van der Waals surface area contributed by atoms with Gasteiger partial charge in [-0.3, -0.25) is 4.68 Å². The summed E-state index contributed by atoms with van der Waals surface area (Å²) in [5.41, 5.74) is 1.03. The molecule has 2 aromatic rings. The first kappa shape index (κ1) is 10.6. The van der Waals surface area contributed by atoms with E-state index in [1.807, 2.05) is 16.8 Å². The summed E-state index contributed by atoms with van der Waals surface area (Å²) >= 11 is 0. The minimum atomic E-state index is 0.319. The highest BCUT2D eigenvalue weighted by Gasteiger charge is 2.15. The average Bonchev–Trinajstić information content (AvgIpc) is 2.76. The molecular weight excluding hydrogens is 214 g/mol. The number of benzene rings is 1. The Labute approximate surface area is 100 Å². The van der Waals surface area contributed by atoms with Crippen LogP contribution >= 0.6 is 0 Å². The SMILES string of the molecule is Oc1cccc2c1cnn2CC1CCNCC1. The Kier molecular flexibility index (Phi) is 2.73. The van der Waals surface area contributed by atoms with Gasteiger partial charge in [0, 0.05) is 6.54 Å². The monoisotopic (exact) mass is 231 g/mol. The van der Waals surface area contributed by atoms with Crippen LogP contribution in [0.25, 0.3) is 10.9 Å². The summed E-state index contributed by atoms with van der Waals surface area (Å²) in [6, 6.07) is 5.60. The Morgan fingerprint density at radius 1 is 1.35 bits per heavy atom. The molecule has 2 N–H and O–H groups in total. The van der Waals surface area contributed by atoms with Crippen LogP contribution in [0.1, 0.15) is 12.8 Å². The lowest BCUT2D eigenvalue weighted by Crippen LogP contribution is -2.30. The molecule has 17 heavy (non-hydrogen) atoms. The van der Waals surface area contributed by atoms with Crippen molar-refractivity contribution in [3.8, 4) is 5.75 Å². The van der Waals surface area contributed by atoms with Gasteiger partial charge in [-0.15, -0.1) is 0 Å². The molecular formula is C13H17N3O. The lowest BCUT2D eigenvalue weighted by atomic mass is 9.98. The Bertz CT molecular complexity index is 514. The van der Waals surface area contributed by atoms with E-state index >= 15 is 0 Å². The van der Waals surface area contributed by atoms with Crippen molar-refractivity contribution in [3.63, 3.8) is 0 Å². The molecule has 1 aliphatic heterocycles. The van der Waals surface area contributed by atoms with Crippen molar-refractivity contribution in [1.29, 1.82) is 0 Å². The second-order valence-corrected chi connectivity index (χ2v) is 4.73. The third-order valence-electron chi connectivity index (χ3n) is 3.55. The molecule has 0 bridgehead atoms. The summed E-state index contributed by atoms with van der Waals surface area (Å²) in [6.07, 6.45) is 4.17. The van der Waals surface area contributed by atoms with E-state index in [0.717, 1.165) is 30.5 Å². The number of nitrogens with zero attached hydrogens (tertiary/aromatic N) is 2. The number of phenolic OH excluding ortho intramolecular Hbond substituents is 1. The van der Waals surface area contributed by atoms with Gasteiger partial charge in [0.05, 0.1) is 17.1 Å². The lowest BCUT2D eigenvalue weighted by molar-refractivity contribution is 0.325. The predicted octanol–water partition coefficient (Wildman–Crippen LogP) is 1.74. The predicted molar refractivity (Wildman–Crippen MR) is 67.0 cm³/mol. The van der Waals surface area contributed by atoms with Crippen LogP contribution in [0.4, 0.5) is 0 Å². The van der Waals surface area contributed by atoms with E-state index in [1.165, 1.54) is 12.8 Å². The summed E-state index contributed by atoms with van der Waals surface area (Å²) in [7, 11) is 0. The first-order valence-electron chi connectivity index (χ1n) is 6.19. The summed E-state index contributed by atoms with van der Waals surface area (Å²) in [5, 5.41) is 18.3. The zero-order valence-electron chi connectivity index (χ0n) is 9.76.